The summed E-state index contributed by atoms with van der Waals surface area (Å²) in [5.41, 5.74) is 7.41. The van der Waals surface area contributed by atoms with Crippen LogP contribution < -0.4 is 11.1 Å². The minimum atomic E-state index is -0.650. The van der Waals surface area contributed by atoms with Gasteiger partial charge >= 0.3 is 6.03 Å². The van der Waals surface area contributed by atoms with Crippen LogP contribution in [0.2, 0.25) is 0 Å². The first-order valence-electron chi connectivity index (χ1n) is 5.58. The summed E-state index contributed by atoms with van der Waals surface area (Å²) in [5, 5.41) is 7.22. The summed E-state index contributed by atoms with van der Waals surface area (Å²) in [5.74, 6) is 0.280. The van der Waals surface area contributed by atoms with E-state index in [1.54, 1.807) is 12.1 Å². The fraction of sp³-hybridized carbons (Fsp3) is 0.167. The first kappa shape index (κ1) is 10.8. The molecule has 1 aromatic heterocycles. The van der Waals surface area contributed by atoms with Crippen molar-refractivity contribution in [1.82, 2.24) is 9.78 Å². The Bertz CT molecular complexity index is 635. The molecule has 0 bridgehead atoms. The lowest BCUT2D eigenvalue weighted by atomic mass is 10.1. The second-order valence-electron chi connectivity index (χ2n) is 4.11. The monoisotopic (exact) mass is 246 g/mol. The second-order valence-corrected chi connectivity index (χ2v) is 4.11. The Labute approximate surface area is 102 Å². The molecule has 0 radical (unpaired) electrons. The number of nitrogens with one attached hydrogen (secondary N) is 1. The number of carbonyl (C=O) groups excluding carboxylic acids is 1. The van der Waals surface area contributed by atoms with Gasteiger partial charge in [-0.3, -0.25) is 0 Å². The van der Waals surface area contributed by atoms with Crippen LogP contribution >= 0.6 is 0 Å². The van der Waals surface area contributed by atoms with Crippen LogP contribution in [0, 0.1) is 5.82 Å². The highest BCUT2D eigenvalue weighted by Gasteiger charge is 2.25. The molecular formula is C12H11FN4O. The summed E-state index contributed by atoms with van der Waals surface area (Å²) in [6.45, 7) is 0.725. The van der Waals surface area contributed by atoms with E-state index in [-0.39, 0.29) is 5.82 Å². The van der Waals surface area contributed by atoms with E-state index >= 15 is 0 Å². The number of fused-ring (bicyclic) bond motifs is 1. The number of nitrogens with two attached hydrogens (primary N) is 1. The number of amides is 1. The molecule has 92 valence electrons. The predicted octanol–water partition coefficient (Wildman–Crippen LogP) is 1.58. The minimum Gasteiger partial charge on any atom is -0.369 e. The van der Waals surface area contributed by atoms with E-state index in [0.717, 1.165) is 23.2 Å². The lowest BCUT2D eigenvalue weighted by molar-refractivity contribution is 0.248. The third-order valence-electron chi connectivity index (χ3n) is 2.96. The average molecular weight is 246 g/mol. The van der Waals surface area contributed by atoms with Crippen molar-refractivity contribution in [2.75, 3.05) is 11.9 Å². The van der Waals surface area contributed by atoms with Gasteiger partial charge in [-0.25, -0.2) is 9.18 Å². The molecule has 0 unspecified atom stereocenters. The molecule has 1 aliphatic rings. The van der Waals surface area contributed by atoms with Crippen molar-refractivity contribution in [3.63, 3.8) is 0 Å². The normalized spacial score (nSPS) is 13.2. The van der Waals surface area contributed by atoms with Gasteiger partial charge in [-0.05, 0) is 18.6 Å². The lowest BCUT2D eigenvalue weighted by Gasteiger charge is -2.00. The van der Waals surface area contributed by atoms with Crippen LogP contribution in [0.5, 0.6) is 0 Å². The number of hydrogen-bond donors (Lipinski definition) is 2. The van der Waals surface area contributed by atoms with E-state index in [4.69, 9.17) is 5.73 Å². The Morgan fingerprint density at radius 3 is 3.06 bits per heavy atom. The fourth-order valence-electron chi connectivity index (χ4n) is 2.20. The van der Waals surface area contributed by atoms with E-state index in [0.29, 0.717) is 17.1 Å². The van der Waals surface area contributed by atoms with Crippen LogP contribution in [0.15, 0.2) is 24.3 Å². The zero-order valence-corrected chi connectivity index (χ0v) is 9.48. The molecule has 6 heteroatoms. The molecular weight excluding hydrogens is 235 g/mol. The van der Waals surface area contributed by atoms with Gasteiger partial charge in [0.05, 0.1) is 5.69 Å². The fourth-order valence-corrected chi connectivity index (χ4v) is 2.20. The van der Waals surface area contributed by atoms with Crippen LogP contribution in [-0.4, -0.2) is 22.4 Å². The standard InChI is InChI=1S/C12H11FN4O/c13-8-3-1-2-7(6-8)10-9-4-5-15-11(9)17(16-10)12(14)18/h1-3,6,15H,4-5H2,(H2,14,18). The summed E-state index contributed by atoms with van der Waals surface area (Å²) in [4.78, 5) is 11.3. The number of nitrogens with zero attached hydrogens (tertiary/aromatic N) is 2. The van der Waals surface area contributed by atoms with Gasteiger partial charge in [0.2, 0.25) is 0 Å². The van der Waals surface area contributed by atoms with Crippen molar-refractivity contribution >= 4 is 11.8 Å². The molecule has 3 N–H and O–H groups in total. The number of benzene rings is 1. The molecule has 0 aliphatic carbocycles. The topological polar surface area (TPSA) is 72.9 Å². The summed E-state index contributed by atoms with van der Waals surface area (Å²) in [6, 6.07) is 5.49. The maximum Gasteiger partial charge on any atom is 0.341 e. The third-order valence-corrected chi connectivity index (χ3v) is 2.96. The summed E-state index contributed by atoms with van der Waals surface area (Å²) in [7, 11) is 0. The molecule has 0 saturated carbocycles. The zero-order chi connectivity index (χ0) is 12.7. The van der Waals surface area contributed by atoms with E-state index in [9.17, 15) is 9.18 Å². The van der Waals surface area contributed by atoms with Gasteiger partial charge < -0.3 is 11.1 Å². The van der Waals surface area contributed by atoms with E-state index in [1.165, 1.54) is 12.1 Å². The van der Waals surface area contributed by atoms with Crippen molar-refractivity contribution in [2.24, 2.45) is 5.73 Å². The zero-order valence-electron chi connectivity index (χ0n) is 9.48. The molecule has 1 amide bonds. The Kier molecular flexibility index (Phi) is 2.29. The van der Waals surface area contributed by atoms with Gasteiger partial charge in [-0.2, -0.15) is 9.78 Å². The molecule has 1 aliphatic heterocycles. The van der Waals surface area contributed by atoms with Gasteiger partial charge in [-0.1, -0.05) is 12.1 Å². The summed E-state index contributed by atoms with van der Waals surface area (Å²) in [6.07, 6.45) is 0.745. The lowest BCUT2D eigenvalue weighted by Crippen LogP contribution is -2.22. The number of carbonyl (C=O) groups is 1. The molecule has 1 aromatic carbocycles. The Balaban J connectivity index is 2.19. The molecule has 18 heavy (non-hydrogen) atoms. The van der Waals surface area contributed by atoms with Crippen LogP contribution in [0.1, 0.15) is 5.56 Å². The van der Waals surface area contributed by atoms with E-state index in [2.05, 4.69) is 10.4 Å². The second kappa shape index (κ2) is 3.83. The molecule has 2 aromatic rings. The van der Waals surface area contributed by atoms with Gasteiger partial charge in [0.15, 0.2) is 0 Å². The number of hydrogen-bond acceptors (Lipinski definition) is 3. The average Bonchev–Trinajstić information content (AvgIpc) is 2.88. The first-order valence-corrected chi connectivity index (χ1v) is 5.58. The summed E-state index contributed by atoms with van der Waals surface area (Å²) < 4.78 is 14.4. The van der Waals surface area contributed by atoms with Crippen molar-refractivity contribution in [3.8, 4) is 11.3 Å². The van der Waals surface area contributed by atoms with Crippen LogP contribution in [-0.2, 0) is 6.42 Å². The number of aromatic nitrogens is 2. The van der Waals surface area contributed by atoms with E-state index < -0.39 is 6.03 Å². The van der Waals surface area contributed by atoms with Gasteiger partial charge in [0.1, 0.15) is 11.6 Å². The molecule has 2 heterocycles. The first-order chi connectivity index (χ1) is 8.66. The number of rotatable bonds is 1. The number of halogens is 1. The molecule has 0 fully saturated rings. The molecule has 5 nitrogen and oxygen atoms in total. The van der Waals surface area contributed by atoms with Gasteiger partial charge in [-0.15, -0.1) is 0 Å². The Hall–Kier alpha value is -2.37. The maximum absolute atomic E-state index is 13.2. The molecule has 0 spiro atoms. The van der Waals surface area contributed by atoms with Crippen LogP contribution in [0.4, 0.5) is 15.0 Å². The maximum atomic E-state index is 13.2. The SMILES string of the molecule is NC(=O)n1nc(-c2cccc(F)c2)c2c1NCC2. The van der Waals surface area contributed by atoms with Crippen molar-refractivity contribution in [1.29, 1.82) is 0 Å². The number of anilines is 1. The summed E-state index contributed by atoms with van der Waals surface area (Å²) >= 11 is 0. The van der Waals surface area contributed by atoms with Gasteiger partial charge in [0.25, 0.3) is 0 Å². The highest BCUT2D eigenvalue weighted by molar-refractivity contribution is 5.83. The third kappa shape index (κ3) is 1.54. The van der Waals surface area contributed by atoms with E-state index in [1.807, 2.05) is 0 Å². The quantitative estimate of drug-likeness (QED) is 0.802. The van der Waals surface area contributed by atoms with Crippen molar-refractivity contribution in [3.05, 3.63) is 35.6 Å². The predicted molar refractivity (Wildman–Crippen MR) is 64.8 cm³/mol. The largest absolute Gasteiger partial charge is 0.369 e. The molecule has 0 atom stereocenters. The van der Waals surface area contributed by atoms with Crippen LogP contribution in [0.3, 0.4) is 0 Å². The Morgan fingerprint density at radius 2 is 2.33 bits per heavy atom. The smallest absolute Gasteiger partial charge is 0.341 e. The highest BCUT2D eigenvalue weighted by atomic mass is 19.1. The molecule has 3 rings (SSSR count). The van der Waals surface area contributed by atoms with Crippen molar-refractivity contribution < 1.29 is 9.18 Å². The molecule has 0 saturated heterocycles. The van der Waals surface area contributed by atoms with Crippen molar-refractivity contribution in [2.45, 2.75) is 6.42 Å². The van der Waals surface area contributed by atoms with Crippen LogP contribution in [0.25, 0.3) is 11.3 Å². The number of primary amides is 1. The highest BCUT2D eigenvalue weighted by Crippen LogP contribution is 2.32. The van der Waals surface area contributed by atoms with Gasteiger partial charge in [0, 0.05) is 17.7 Å². The minimum absolute atomic E-state index is 0.333. The Morgan fingerprint density at radius 1 is 1.50 bits per heavy atom.